The Morgan fingerprint density at radius 2 is 1.73 bits per heavy atom. The van der Waals surface area contributed by atoms with Crippen molar-refractivity contribution in [1.82, 2.24) is 10.8 Å². The van der Waals surface area contributed by atoms with Crippen molar-refractivity contribution in [3.05, 3.63) is 60.2 Å². The number of hydroxylamine groups is 1. The van der Waals surface area contributed by atoms with Crippen LogP contribution < -0.4 is 10.8 Å². The van der Waals surface area contributed by atoms with E-state index in [1.807, 2.05) is 42.5 Å². The molecule has 1 fully saturated rings. The number of rotatable bonds is 6. The summed E-state index contributed by atoms with van der Waals surface area (Å²) in [7, 11) is 0. The second-order valence-electron chi connectivity index (χ2n) is 6.07. The third-order valence-corrected chi connectivity index (χ3v) is 4.11. The van der Waals surface area contributed by atoms with Crippen molar-refractivity contribution in [2.24, 2.45) is 0 Å². The standard InChI is InChI=1S/C20H22N2O4/c23-18(22-26-19-8-4-5-13-25-19)14-21-20(24)17-11-9-16(10-12-17)15-6-2-1-3-7-15/h1-3,6-7,9-12,19H,4-5,8,13-14H2,(H,21,24)(H,22,23)/t19-/m1/s1. The van der Waals surface area contributed by atoms with Crippen LogP contribution in [0.3, 0.4) is 0 Å². The molecule has 0 saturated carbocycles. The minimum Gasteiger partial charge on any atom is -0.350 e. The minimum atomic E-state index is -0.423. The fourth-order valence-corrected chi connectivity index (χ4v) is 2.68. The lowest BCUT2D eigenvalue weighted by atomic mass is 10.0. The third-order valence-electron chi connectivity index (χ3n) is 4.11. The Hall–Kier alpha value is -2.70. The number of hydrogen-bond donors (Lipinski definition) is 2. The minimum absolute atomic E-state index is 0.161. The zero-order chi connectivity index (χ0) is 18.2. The van der Waals surface area contributed by atoms with Gasteiger partial charge in [-0.3, -0.25) is 9.59 Å². The van der Waals surface area contributed by atoms with Gasteiger partial charge in [-0.2, -0.15) is 0 Å². The molecule has 2 N–H and O–H groups in total. The molecule has 6 nitrogen and oxygen atoms in total. The maximum Gasteiger partial charge on any atom is 0.263 e. The second kappa shape index (κ2) is 9.12. The van der Waals surface area contributed by atoms with Gasteiger partial charge in [0, 0.05) is 18.6 Å². The molecule has 1 heterocycles. The van der Waals surface area contributed by atoms with E-state index in [4.69, 9.17) is 9.57 Å². The van der Waals surface area contributed by atoms with Crippen LogP contribution in [-0.2, 0) is 14.4 Å². The highest BCUT2D eigenvalue weighted by atomic mass is 16.8. The normalized spacial score (nSPS) is 16.7. The predicted molar refractivity (Wildman–Crippen MR) is 97.0 cm³/mol. The van der Waals surface area contributed by atoms with E-state index in [-0.39, 0.29) is 12.5 Å². The van der Waals surface area contributed by atoms with Gasteiger partial charge in [0.15, 0.2) is 6.29 Å². The fourth-order valence-electron chi connectivity index (χ4n) is 2.68. The first-order chi connectivity index (χ1) is 12.7. The van der Waals surface area contributed by atoms with Crippen LogP contribution in [0.5, 0.6) is 0 Å². The number of amides is 2. The van der Waals surface area contributed by atoms with Gasteiger partial charge in [-0.1, -0.05) is 42.5 Å². The Morgan fingerprint density at radius 3 is 2.42 bits per heavy atom. The van der Waals surface area contributed by atoms with Crippen LogP contribution >= 0.6 is 0 Å². The molecule has 0 aromatic heterocycles. The summed E-state index contributed by atoms with van der Waals surface area (Å²) in [4.78, 5) is 29.1. The molecular weight excluding hydrogens is 332 g/mol. The SMILES string of the molecule is O=C(CNC(=O)c1ccc(-c2ccccc2)cc1)NO[C@@H]1CCCCO1. The topological polar surface area (TPSA) is 76.7 Å². The highest BCUT2D eigenvalue weighted by Crippen LogP contribution is 2.19. The van der Waals surface area contributed by atoms with Crippen LogP contribution in [0.15, 0.2) is 54.6 Å². The van der Waals surface area contributed by atoms with E-state index < -0.39 is 12.2 Å². The van der Waals surface area contributed by atoms with Gasteiger partial charge in [0.1, 0.15) is 0 Å². The molecule has 1 atom stereocenters. The summed E-state index contributed by atoms with van der Waals surface area (Å²) in [5.41, 5.74) is 4.92. The Bertz CT molecular complexity index is 725. The number of carbonyl (C=O) groups is 2. The van der Waals surface area contributed by atoms with E-state index >= 15 is 0 Å². The first-order valence-corrected chi connectivity index (χ1v) is 8.72. The number of nitrogens with one attached hydrogen (secondary N) is 2. The Kier molecular flexibility index (Phi) is 6.35. The van der Waals surface area contributed by atoms with E-state index in [1.165, 1.54) is 0 Å². The molecule has 6 heteroatoms. The number of ether oxygens (including phenoxy) is 1. The Balaban J connectivity index is 1.45. The summed E-state index contributed by atoms with van der Waals surface area (Å²) in [5.74, 6) is -0.734. The largest absolute Gasteiger partial charge is 0.350 e. The molecule has 2 aromatic carbocycles. The number of carbonyl (C=O) groups excluding carboxylic acids is 2. The maximum atomic E-state index is 12.1. The Morgan fingerprint density at radius 1 is 1.00 bits per heavy atom. The number of hydrogen-bond acceptors (Lipinski definition) is 4. The van der Waals surface area contributed by atoms with Crippen molar-refractivity contribution >= 4 is 11.8 Å². The van der Waals surface area contributed by atoms with Crippen LogP contribution in [0, 0.1) is 0 Å². The van der Waals surface area contributed by atoms with Crippen LogP contribution in [0.1, 0.15) is 29.6 Å². The summed E-state index contributed by atoms with van der Waals surface area (Å²) < 4.78 is 5.35. The average Bonchev–Trinajstić information content (AvgIpc) is 2.72. The van der Waals surface area contributed by atoms with Gasteiger partial charge < -0.3 is 10.1 Å². The van der Waals surface area contributed by atoms with Crippen molar-refractivity contribution in [2.75, 3.05) is 13.2 Å². The molecule has 3 rings (SSSR count). The van der Waals surface area contributed by atoms with Crippen molar-refractivity contribution < 1.29 is 19.2 Å². The third kappa shape index (κ3) is 5.15. The monoisotopic (exact) mass is 354 g/mol. The molecule has 0 bridgehead atoms. The van der Waals surface area contributed by atoms with Crippen molar-refractivity contribution in [3.63, 3.8) is 0 Å². The van der Waals surface area contributed by atoms with E-state index in [0.717, 1.165) is 30.4 Å². The summed E-state index contributed by atoms with van der Waals surface area (Å²) in [6, 6.07) is 17.2. The molecule has 136 valence electrons. The molecule has 2 amide bonds. The zero-order valence-electron chi connectivity index (χ0n) is 14.4. The molecule has 1 aliphatic rings. The lowest BCUT2D eigenvalue weighted by molar-refractivity contribution is -0.200. The predicted octanol–water partition coefficient (Wildman–Crippen LogP) is 2.66. The highest BCUT2D eigenvalue weighted by molar-refractivity contribution is 5.96. The molecule has 0 unspecified atom stereocenters. The lowest BCUT2D eigenvalue weighted by Gasteiger charge is -2.22. The van der Waals surface area contributed by atoms with Gasteiger partial charge in [0.05, 0.1) is 6.54 Å². The van der Waals surface area contributed by atoms with Gasteiger partial charge in [-0.05, 0) is 36.1 Å². The van der Waals surface area contributed by atoms with Crippen molar-refractivity contribution in [1.29, 1.82) is 0 Å². The summed E-state index contributed by atoms with van der Waals surface area (Å²) in [5, 5.41) is 2.57. The van der Waals surface area contributed by atoms with Crippen LogP contribution in [0.2, 0.25) is 0 Å². The highest BCUT2D eigenvalue weighted by Gasteiger charge is 2.16. The second-order valence-corrected chi connectivity index (χ2v) is 6.07. The molecule has 26 heavy (non-hydrogen) atoms. The first-order valence-electron chi connectivity index (χ1n) is 8.72. The van der Waals surface area contributed by atoms with Crippen molar-refractivity contribution in [2.45, 2.75) is 25.6 Å². The van der Waals surface area contributed by atoms with Gasteiger partial charge in [-0.25, -0.2) is 10.3 Å². The number of benzene rings is 2. The van der Waals surface area contributed by atoms with Crippen molar-refractivity contribution in [3.8, 4) is 11.1 Å². The lowest BCUT2D eigenvalue weighted by Crippen LogP contribution is -2.39. The summed E-state index contributed by atoms with van der Waals surface area (Å²) in [6.07, 6.45) is 2.36. The van der Waals surface area contributed by atoms with Gasteiger partial charge in [-0.15, -0.1) is 0 Å². The zero-order valence-corrected chi connectivity index (χ0v) is 14.4. The summed E-state index contributed by atoms with van der Waals surface area (Å²) in [6.45, 7) is 0.474. The molecule has 2 aromatic rings. The molecule has 1 aliphatic heterocycles. The molecule has 0 spiro atoms. The van der Waals surface area contributed by atoms with Gasteiger partial charge >= 0.3 is 0 Å². The molecule has 0 radical (unpaired) electrons. The fraction of sp³-hybridized carbons (Fsp3) is 0.300. The van der Waals surface area contributed by atoms with E-state index in [0.29, 0.717) is 12.2 Å². The van der Waals surface area contributed by atoms with E-state index in [1.54, 1.807) is 12.1 Å². The quantitative estimate of drug-likeness (QED) is 0.782. The molecule has 1 saturated heterocycles. The smallest absolute Gasteiger partial charge is 0.263 e. The van der Waals surface area contributed by atoms with Crippen LogP contribution in [0.25, 0.3) is 11.1 Å². The van der Waals surface area contributed by atoms with Gasteiger partial charge in [0.2, 0.25) is 0 Å². The average molecular weight is 354 g/mol. The van der Waals surface area contributed by atoms with E-state index in [2.05, 4.69) is 10.8 Å². The molecular formula is C20H22N2O4. The maximum absolute atomic E-state index is 12.1. The Labute approximate surface area is 152 Å². The van der Waals surface area contributed by atoms with Crippen LogP contribution in [0.4, 0.5) is 0 Å². The first kappa shape index (κ1) is 18.1. The van der Waals surface area contributed by atoms with Gasteiger partial charge in [0.25, 0.3) is 11.8 Å². The molecule has 0 aliphatic carbocycles. The van der Waals surface area contributed by atoms with E-state index in [9.17, 15) is 9.59 Å². The summed E-state index contributed by atoms with van der Waals surface area (Å²) >= 11 is 0. The van der Waals surface area contributed by atoms with Crippen LogP contribution in [-0.4, -0.2) is 31.3 Å².